The van der Waals surface area contributed by atoms with Crippen LogP contribution in [0.3, 0.4) is 0 Å². The zero-order valence-corrected chi connectivity index (χ0v) is 12.5. The summed E-state index contributed by atoms with van der Waals surface area (Å²) in [5.41, 5.74) is 6.62. The number of aryl methyl sites for hydroxylation is 1. The molecule has 1 unspecified atom stereocenters. The molecule has 0 aliphatic carbocycles. The van der Waals surface area contributed by atoms with Gasteiger partial charge in [-0.25, -0.2) is 14.5 Å². The fraction of sp³-hybridized carbons (Fsp3) is 0.429. The summed E-state index contributed by atoms with van der Waals surface area (Å²) in [5, 5.41) is 5.00. The summed E-state index contributed by atoms with van der Waals surface area (Å²) in [6, 6.07) is 1.83. The summed E-state index contributed by atoms with van der Waals surface area (Å²) in [6.45, 7) is 7.14. The van der Waals surface area contributed by atoms with Crippen LogP contribution in [-0.2, 0) is 9.53 Å². The monoisotopic (exact) mass is 290 g/mol. The Morgan fingerprint density at radius 2 is 2.00 bits per heavy atom. The number of ether oxygens (including phenoxy) is 1. The SMILES string of the molecule is Cc1nc2c(cnn2C(C)C)cc1C(=O)OC(C)C(N)=O. The molecule has 2 rings (SSSR count). The highest BCUT2D eigenvalue weighted by molar-refractivity contribution is 5.96. The van der Waals surface area contributed by atoms with Gasteiger partial charge in [0.05, 0.1) is 17.5 Å². The summed E-state index contributed by atoms with van der Waals surface area (Å²) in [6.07, 6.45) is 0.668. The molecule has 0 fully saturated rings. The summed E-state index contributed by atoms with van der Waals surface area (Å²) in [5.74, 6) is -1.31. The quantitative estimate of drug-likeness (QED) is 0.857. The van der Waals surface area contributed by atoms with Crippen LogP contribution in [0, 0.1) is 6.92 Å². The number of hydrogen-bond donors (Lipinski definition) is 1. The molecular formula is C14H18N4O3. The van der Waals surface area contributed by atoms with Gasteiger partial charge in [-0.2, -0.15) is 5.10 Å². The van der Waals surface area contributed by atoms with Gasteiger partial charge < -0.3 is 10.5 Å². The molecule has 0 spiro atoms. The van der Waals surface area contributed by atoms with Gasteiger partial charge in [-0.1, -0.05) is 0 Å². The predicted molar refractivity (Wildman–Crippen MR) is 76.7 cm³/mol. The van der Waals surface area contributed by atoms with E-state index >= 15 is 0 Å². The Labute approximate surface area is 122 Å². The maximum absolute atomic E-state index is 12.1. The van der Waals surface area contributed by atoms with Crippen molar-refractivity contribution in [3.05, 3.63) is 23.5 Å². The minimum atomic E-state index is -0.981. The van der Waals surface area contributed by atoms with E-state index in [1.54, 1.807) is 23.9 Å². The van der Waals surface area contributed by atoms with Crippen LogP contribution in [0.1, 0.15) is 42.9 Å². The summed E-state index contributed by atoms with van der Waals surface area (Å²) in [4.78, 5) is 27.4. The van der Waals surface area contributed by atoms with Gasteiger partial charge in [-0.05, 0) is 33.8 Å². The van der Waals surface area contributed by atoms with E-state index in [4.69, 9.17) is 10.5 Å². The highest BCUT2D eigenvalue weighted by Gasteiger charge is 2.20. The molecular weight excluding hydrogens is 272 g/mol. The largest absolute Gasteiger partial charge is 0.449 e. The number of nitrogens with zero attached hydrogens (tertiary/aromatic N) is 3. The van der Waals surface area contributed by atoms with Gasteiger partial charge in [0.2, 0.25) is 0 Å². The van der Waals surface area contributed by atoms with Crippen LogP contribution in [0.2, 0.25) is 0 Å². The second-order valence-electron chi connectivity index (χ2n) is 5.17. The lowest BCUT2D eigenvalue weighted by Gasteiger charge is -2.11. The lowest BCUT2D eigenvalue weighted by molar-refractivity contribution is -0.125. The first-order chi connectivity index (χ1) is 9.81. The molecule has 0 saturated carbocycles. The van der Waals surface area contributed by atoms with Gasteiger partial charge in [-0.3, -0.25) is 4.79 Å². The molecule has 2 heterocycles. The van der Waals surface area contributed by atoms with Gasteiger partial charge in [0, 0.05) is 11.4 Å². The normalized spacial score (nSPS) is 12.6. The van der Waals surface area contributed by atoms with Crippen LogP contribution >= 0.6 is 0 Å². The second kappa shape index (κ2) is 5.51. The Morgan fingerprint density at radius 1 is 1.33 bits per heavy atom. The molecule has 2 aromatic rings. The Morgan fingerprint density at radius 3 is 2.57 bits per heavy atom. The van der Waals surface area contributed by atoms with Crippen molar-refractivity contribution < 1.29 is 14.3 Å². The van der Waals surface area contributed by atoms with E-state index in [0.29, 0.717) is 16.9 Å². The molecule has 0 saturated heterocycles. The van der Waals surface area contributed by atoms with Gasteiger partial charge in [0.1, 0.15) is 0 Å². The van der Waals surface area contributed by atoms with Gasteiger partial charge in [0.25, 0.3) is 5.91 Å². The summed E-state index contributed by atoms with van der Waals surface area (Å²) >= 11 is 0. The highest BCUT2D eigenvalue weighted by atomic mass is 16.5. The first kappa shape index (κ1) is 15.0. The number of pyridine rings is 1. The number of primary amides is 1. The van der Waals surface area contributed by atoms with E-state index in [1.165, 1.54) is 6.92 Å². The van der Waals surface area contributed by atoms with Crippen molar-refractivity contribution >= 4 is 22.9 Å². The van der Waals surface area contributed by atoms with Crippen molar-refractivity contribution in [2.24, 2.45) is 5.73 Å². The number of carbonyl (C=O) groups is 2. The van der Waals surface area contributed by atoms with Gasteiger partial charge >= 0.3 is 5.97 Å². The van der Waals surface area contributed by atoms with E-state index in [9.17, 15) is 9.59 Å². The van der Waals surface area contributed by atoms with E-state index in [2.05, 4.69) is 10.1 Å². The standard InChI is InChI=1S/C14H18N4O3/c1-7(2)18-13-10(6-16-18)5-11(8(3)17-13)14(20)21-9(4)12(15)19/h5-7,9H,1-4H3,(H2,15,19). The number of rotatable bonds is 4. The molecule has 2 N–H and O–H groups in total. The smallest absolute Gasteiger partial charge is 0.340 e. The van der Waals surface area contributed by atoms with Crippen molar-refractivity contribution in [2.75, 3.05) is 0 Å². The van der Waals surface area contributed by atoms with E-state index < -0.39 is 18.0 Å². The summed E-state index contributed by atoms with van der Waals surface area (Å²) < 4.78 is 6.78. The Hall–Kier alpha value is -2.44. The third-order valence-electron chi connectivity index (χ3n) is 3.15. The molecule has 0 aliphatic rings. The third-order valence-corrected chi connectivity index (χ3v) is 3.15. The number of aromatic nitrogens is 3. The highest BCUT2D eigenvalue weighted by Crippen LogP contribution is 2.20. The maximum atomic E-state index is 12.1. The zero-order valence-electron chi connectivity index (χ0n) is 12.5. The zero-order chi connectivity index (χ0) is 15.7. The molecule has 0 bridgehead atoms. The lowest BCUT2D eigenvalue weighted by Crippen LogP contribution is -2.30. The number of amides is 1. The number of carbonyl (C=O) groups excluding carboxylic acids is 2. The van der Waals surface area contributed by atoms with Crippen molar-refractivity contribution in [3.63, 3.8) is 0 Å². The van der Waals surface area contributed by atoms with E-state index in [-0.39, 0.29) is 6.04 Å². The van der Waals surface area contributed by atoms with Crippen molar-refractivity contribution in [2.45, 2.75) is 39.8 Å². The molecule has 0 aliphatic heterocycles. The minimum Gasteiger partial charge on any atom is -0.449 e. The van der Waals surface area contributed by atoms with Crippen molar-refractivity contribution in [3.8, 4) is 0 Å². The molecule has 0 radical (unpaired) electrons. The summed E-state index contributed by atoms with van der Waals surface area (Å²) in [7, 11) is 0. The fourth-order valence-corrected chi connectivity index (χ4v) is 1.93. The predicted octanol–water partition coefficient (Wildman–Crippen LogP) is 1.35. The van der Waals surface area contributed by atoms with Crippen LogP contribution in [-0.4, -0.2) is 32.7 Å². The average molecular weight is 290 g/mol. The molecule has 112 valence electrons. The first-order valence-corrected chi connectivity index (χ1v) is 6.66. The van der Waals surface area contributed by atoms with Crippen molar-refractivity contribution in [1.82, 2.24) is 14.8 Å². The van der Waals surface area contributed by atoms with Gasteiger partial charge in [0.15, 0.2) is 11.8 Å². The van der Waals surface area contributed by atoms with Crippen molar-refractivity contribution in [1.29, 1.82) is 0 Å². The number of esters is 1. The second-order valence-corrected chi connectivity index (χ2v) is 5.17. The topological polar surface area (TPSA) is 100 Å². The Bertz CT molecular complexity index is 706. The van der Waals surface area contributed by atoms with E-state index in [0.717, 1.165) is 5.39 Å². The number of nitrogens with two attached hydrogens (primary N) is 1. The molecule has 1 amide bonds. The Kier molecular flexibility index (Phi) is 3.93. The average Bonchev–Trinajstić information content (AvgIpc) is 2.80. The molecule has 21 heavy (non-hydrogen) atoms. The van der Waals surface area contributed by atoms with Gasteiger partial charge in [-0.15, -0.1) is 0 Å². The van der Waals surface area contributed by atoms with Crippen LogP contribution in [0.25, 0.3) is 11.0 Å². The first-order valence-electron chi connectivity index (χ1n) is 6.66. The fourth-order valence-electron chi connectivity index (χ4n) is 1.93. The molecule has 2 aromatic heterocycles. The molecule has 1 atom stereocenters. The number of fused-ring (bicyclic) bond motifs is 1. The molecule has 0 aromatic carbocycles. The van der Waals surface area contributed by atoms with Crippen LogP contribution in [0.5, 0.6) is 0 Å². The maximum Gasteiger partial charge on any atom is 0.340 e. The third kappa shape index (κ3) is 2.86. The van der Waals surface area contributed by atoms with Crippen LogP contribution < -0.4 is 5.73 Å². The number of hydrogen-bond acceptors (Lipinski definition) is 5. The molecule has 7 heteroatoms. The van der Waals surface area contributed by atoms with E-state index in [1.807, 2.05) is 13.8 Å². The molecule has 7 nitrogen and oxygen atoms in total. The lowest BCUT2D eigenvalue weighted by atomic mass is 10.1. The Balaban J connectivity index is 2.40. The minimum absolute atomic E-state index is 0.169. The van der Waals surface area contributed by atoms with Crippen LogP contribution in [0.4, 0.5) is 0 Å². The van der Waals surface area contributed by atoms with Crippen LogP contribution in [0.15, 0.2) is 12.3 Å².